The molecule has 6 nitrogen and oxygen atoms in total. The maximum absolute atomic E-state index is 5.84. The average Bonchev–Trinajstić information content (AvgIpc) is 2.89. The Morgan fingerprint density at radius 3 is 2.86 bits per heavy atom. The standard InChI is InChI=1S/C15H23N5O/c1-16-14-12-8-17-20(2)15(12)19-13(18-14)10-21-9-11-6-4-3-5-7-11/h8,11H,3-7,9-10H2,1-2H3,(H,16,18,19). The monoisotopic (exact) mass is 289 g/mol. The summed E-state index contributed by atoms with van der Waals surface area (Å²) in [5.74, 6) is 2.23. The lowest BCUT2D eigenvalue weighted by atomic mass is 9.90. The number of ether oxygens (including phenoxy) is 1. The molecule has 2 aromatic heterocycles. The topological polar surface area (TPSA) is 64.9 Å². The number of aromatic nitrogens is 4. The maximum atomic E-state index is 5.84. The molecule has 0 unspecified atom stereocenters. The van der Waals surface area contributed by atoms with Crippen LogP contribution in [0, 0.1) is 5.92 Å². The van der Waals surface area contributed by atoms with E-state index in [1.54, 1.807) is 10.9 Å². The van der Waals surface area contributed by atoms with Crippen LogP contribution in [-0.2, 0) is 18.4 Å². The van der Waals surface area contributed by atoms with Gasteiger partial charge in [0.05, 0.1) is 11.6 Å². The first kappa shape index (κ1) is 14.3. The van der Waals surface area contributed by atoms with Crippen LogP contribution in [0.3, 0.4) is 0 Å². The van der Waals surface area contributed by atoms with E-state index in [0.717, 1.165) is 23.5 Å². The summed E-state index contributed by atoms with van der Waals surface area (Å²) < 4.78 is 7.61. The Morgan fingerprint density at radius 2 is 2.10 bits per heavy atom. The van der Waals surface area contributed by atoms with Crippen molar-refractivity contribution in [1.29, 1.82) is 0 Å². The number of anilines is 1. The fourth-order valence-corrected chi connectivity index (χ4v) is 2.99. The Balaban J connectivity index is 1.67. The molecule has 0 bridgehead atoms. The van der Waals surface area contributed by atoms with Gasteiger partial charge in [0.25, 0.3) is 0 Å². The van der Waals surface area contributed by atoms with Gasteiger partial charge in [0, 0.05) is 20.7 Å². The maximum Gasteiger partial charge on any atom is 0.163 e. The lowest BCUT2D eigenvalue weighted by molar-refractivity contribution is 0.0701. The SMILES string of the molecule is CNc1nc(COCC2CCCCC2)nc2c1cnn2C. The summed E-state index contributed by atoms with van der Waals surface area (Å²) in [4.78, 5) is 9.07. The van der Waals surface area contributed by atoms with Gasteiger partial charge in [-0.05, 0) is 18.8 Å². The van der Waals surface area contributed by atoms with Crippen LogP contribution in [0.4, 0.5) is 5.82 Å². The number of fused-ring (bicyclic) bond motifs is 1. The van der Waals surface area contributed by atoms with E-state index in [4.69, 9.17) is 4.74 Å². The molecule has 0 aliphatic heterocycles. The van der Waals surface area contributed by atoms with Gasteiger partial charge in [-0.15, -0.1) is 0 Å². The van der Waals surface area contributed by atoms with Gasteiger partial charge in [-0.25, -0.2) is 9.97 Å². The molecule has 0 atom stereocenters. The van der Waals surface area contributed by atoms with E-state index in [2.05, 4.69) is 20.4 Å². The van der Waals surface area contributed by atoms with Crippen LogP contribution in [0.1, 0.15) is 37.9 Å². The van der Waals surface area contributed by atoms with E-state index in [1.165, 1.54) is 32.1 Å². The summed E-state index contributed by atoms with van der Waals surface area (Å²) in [5.41, 5.74) is 0.839. The largest absolute Gasteiger partial charge is 0.373 e. The van der Waals surface area contributed by atoms with Crippen LogP contribution in [0.25, 0.3) is 11.0 Å². The first-order valence-corrected chi connectivity index (χ1v) is 7.72. The van der Waals surface area contributed by atoms with Crippen molar-refractivity contribution in [3.05, 3.63) is 12.0 Å². The molecular formula is C15H23N5O. The van der Waals surface area contributed by atoms with Gasteiger partial charge >= 0.3 is 0 Å². The molecule has 0 aromatic carbocycles. The highest BCUT2D eigenvalue weighted by atomic mass is 16.5. The van der Waals surface area contributed by atoms with E-state index >= 15 is 0 Å². The van der Waals surface area contributed by atoms with Gasteiger partial charge in [0.15, 0.2) is 11.5 Å². The van der Waals surface area contributed by atoms with E-state index in [0.29, 0.717) is 18.3 Å². The van der Waals surface area contributed by atoms with E-state index in [-0.39, 0.29) is 0 Å². The zero-order chi connectivity index (χ0) is 14.7. The van der Waals surface area contributed by atoms with E-state index < -0.39 is 0 Å². The lowest BCUT2D eigenvalue weighted by Crippen LogP contribution is -2.14. The molecule has 1 saturated carbocycles. The van der Waals surface area contributed by atoms with Crippen LogP contribution in [-0.4, -0.2) is 33.4 Å². The zero-order valence-corrected chi connectivity index (χ0v) is 12.8. The minimum Gasteiger partial charge on any atom is -0.373 e. The Bertz CT molecular complexity index is 603. The molecule has 2 aromatic rings. The van der Waals surface area contributed by atoms with Gasteiger partial charge in [0.2, 0.25) is 0 Å². The Kier molecular flexibility index (Phi) is 4.34. The summed E-state index contributed by atoms with van der Waals surface area (Å²) in [6.07, 6.45) is 8.44. The molecule has 1 aliphatic carbocycles. The average molecular weight is 289 g/mol. The molecule has 1 N–H and O–H groups in total. The van der Waals surface area contributed by atoms with Crippen molar-refractivity contribution in [2.24, 2.45) is 13.0 Å². The van der Waals surface area contributed by atoms with Gasteiger partial charge < -0.3 is 10.1 Å². The summed E-state index contributed by atoms with van der Waals surface area (Å²) >= 11 is 0. The summed E-state index contributed by atoms with van der Waals surface area (Å²) in [6, 6.07) is 0. The van der Waals surface area contributed by atoms with Crippen molar-refractivity contribution >= 4 is 16.9 Å². The second-order valence-electron chi connectivity index (χ2n) is 5.76. The zero-order valence-electron chi connectivity index (χ0n) is 12.8. The van der Waals surface area contributed by atoms with E-state index in [9.17, 15) is 0 Å². The Morgan fingerprint density at radius 1 is 1.29 bits per heavy atom. The molecule has 3 rings (SSSR count). The van der Waals surface area contributed by atoms with Crippen LogP contribution < -0.4 is 5.32 Å². The molecule has 0 radical (unpaired) electrons. The number of aryl methyl sites for hydroxylation is 1. The first-order valence-electron chi connectivity index (χ1n) is 7.72. The minimum absolute atomic E-state index is 0.465. The number of nitrogens with one attached hydrogen (secondary N) is 1. The molecule has 6 heteroatoms. The quantitative estimate of drug-likeness (QED) is 0.916. The smallest absolute Gasteiger partial charge is 0.163 e. The third kappa shape index (κ3) is 3.15. The van der Waals surface area contributed by atoms with Crippen molar-refractivity contribution < 1.29 is 4.74 Å². The lowest BCUT2D eigenvalue weighted by Gasteiger charge is -2.21. The number of nitrogens with zero attached hydrogens (tertiary/aromatic N) is 4. The van der Waals surface area contributed by atoms with Crippen LogP contribution in [0.5, 0.6) is 0 Å². The van der Waals surface area contributed by atoms with Crippen molar-refractivity contribution in [3.8, 4) is 0 Å². The highest BCUT2D eigenvalue weighted by Crippen LogP contribution is 2.24. The van der Waals surface area contributed by atoms with Gasteiger partial charge in [0.1, 0.15) is 12.4 Å². The van der Waals surface area contributed by atoms with Crippen molar-refractivity contribution in [2.45, 2.75) is 38.7 Å². The van der Waals surface area contributed by atoms with E-state index in [1.807, 2.05) is 14.1 Å². The summed E-state index contributed by atoms with van der Waals surface area (Å²) in [6.45, 7) is 1.29. The fraction of sp³-hybridized carbons (Fsp3) is 0.667. The first-order chi connectivity index (χ1) is 10.3. The normalized spacial score (nSPS) is 16.5. The molecule has 2 heterocycles. The summed E-state index contributed by atoms with van der Waals surface area (Å²) in [5, 5.41) is 8.28. The van der Waals surface area contributed by atoms with Crippen molar-refractivity contribution in [2.75, 3.05) is 19.0 Å². The number of rotatable bonds is 5. The van der Waals surface area contributed by atoms with Crippen LogP contribution >= 0.6 is 0 Å². The molecule has 0 spiro atoms. The predicted molar refractivity (Wildman–Crippen MR) is 82.1 cm³/mol. The highest BCUT2D eigenvalue weighted by molar-refractivity contribution is 5.86. The van der Waals surface area contributed by atoms with Crippen molar-refractivity contribution in [3.63, 3.8) is 0 Å². The molecule has 1 aliphatic rings. The van der Waals surface area contributed by atoms with Gasteiger partial charge in [-0.2, -0.15) is 5.10 Å². The highest BCUT2D eigenvalue weighted by Gasteiger charge is 2.14. The van der Waals surface area contributed by atoms with Gasteiger partial charge in [-0.1, -0.05) is 19.3 Å². The second kappa shape index (κ2) is 6.39. The van der Waals surface area contributed by atoms with Crippen LogP contribution in [0.2, 0.25) is 0 Å². The molecule has 21 heavy (non-hydrogen) atoms. The molecule has 0 amide bonds. The molecule has 0 saturated heterocycles. The Labute approximate surface area is 124 Å². The molecular weight excluding hydrogens is 266 g/mol. The Hall–Kier alpha value is -1.69. The number of hydrogen-bond acceptors (Lipinski definition) is 5. The minimum atomic E-state index is 0.465. The number of hydrogen-bond donors (Lipinski definition) is 1. The van der Waals surface area contributed by atoms with Crippen molar-refractivity contribution in [1.82, 2.24) is 19.7 Å². The van der Waals surface area contributed by atoms with Gasteiger partial charge in [-0.3, -0.25) is 4.68 Å². The molecule has 1 fully saturated rings. The fourth-order valence-electron chi connectivity index (χ4n) is 2.99. The third-order valence-corrected chi connectivity index (χ3v) is 4.18. The summed E-state index contributed by atoms with van der Waals surface area (Å²) in [7, 11) is 3.75. The second-order valence-corrected chi connectivity index (χ2v) is 5.76. The molecule has 114 valence electrons. The predicted octanol–water partition coefficient (Wildman–Crippen LogP) is 2.50. The third-order valence-electron chi connectivity index (χ3n) is 4.18. The van der Waals surface area contributed by atoms with Crippen LogP contribution in [0.15, 0.2) is 6.20 Å².